The number of benzene rings is 1. The van der Waals surface area contributed by atoms with Crippen LogP contribution in [0, 0.1) is 11.8 Å². The minimum Gasteiger partial charge on any atom is -0.338 e. The monoisotopic (exact) mass is 313 g/mol. The second-order valence-electron chi connectivity index (χ2n) is 5.63. The van der Waals surface area contributed by atoms with E-state index in [9.17, 15) is 13.2 Å². The minimum atomic E-state index is -3.80. The number of hydrogen-bond donors (Lipinski definition) is 0. The molecule has 2 fully saturated rings. The Bertz CT molecular complexity index is 632. The van der Waals surface area contributed by atoms with E-state index >= 15 is 0 Å². The van der Waals surface area contributed by atoms with Gasteiger partial charge in [-0.2, -0.15) is 0 Å². The highest BCUT2D eigenvalue weighted by Gasteiger charge is 2.38. The Kier molecular flexibility index (Phi) is 3.50. The molecule has 2 unspecified atom stereocenters. The fourth-order valence-electron chi connectivity index (χ4n) is 3.36. The lowest BCUT2D eigenvalue weighted by Gasteiger charge is -2.17. The Morgan fingerprint density at radius 1 is 1.20 bits per heavy atom. The van der Waals surface area contributed by atoms with Crippen LogP contribution in [0.25, 0.3) is 0 Å². The first-order valence-corrected chi connectivity index (χ1v) is 9.10. The van der Waals surface area contributed by atoms with E-state index in [1.807, 2.05) is 4.90 Å². The number of fused-ring (bicyclic) bond motifs is 1. The molecule has 4 nitrogen and oxygen atoms in total. The van der Waals surface area contributed by atoms with Gasteiger partial charge in [-0.3, -0.25) is 4.79 Å². The summed E-state index contributed by atoms with van der Waals surface area (Å²) in [5.74, 6) is 1.15. The second-order valence-corrected chi connectivity index (χ2v) is 8.19. The zero-order chi connectivity index (χ0) is 14.3. The summed E-state index contributed by atoms with van der Waals surface area (Å²) in [6, 6.07) is 5.96. The number of halogens is 1. The summed E-state index contributed by atoms with van der Waals surface area (Å²) in [6.45, 7) is 1.59. The van der Waals surface area contributed by atoms with Crippen LogP contribution in [0.5, 0.6) is 0 Å². The average Bonchev–Trinajstić information content (AvgIpc) is 2.97. The normalized spacial score (nSPS) is 25.8. The Hall–Kier alpha value is -1.07. The largest absolute Gasteiger partial charge is 0.338 e. The molecule has 0 N–H and O–H groups in total. The molecule has 20 heavy (non-hydrogen) atoms. The third kappa shape index (κ3) is 2.56. The van der Waals surface area contributed by atoms with Crippen LogP contribution < -0.4 is 0 Å². The van der Waals surface area contributed by atoms with Crippen molar-refractivity contribution in [2.75, 3.05) is 13.1 Å². The molecular weight excluding hydrogens is 298 g/mol. The van der Waals surface area contributed by atoms with Gasteiger partial charge in [-0.05, 0) is 42.9 Å². The zero-order valence-electron chi connectivity index (χ0n) is 11.0. The van der Waals surface area contributed by atoms with Gasteiger partial charge in [0.15, 0.2) is 0 Å². The third-order valence-electron chi connectivity index (χ3n) is 4.38. The summed E-state index contributed by atoms with van der Waals surface area (Å²) in [4.78, 5) is 14.3. The number of carbonyl (C=O) groups excluding carboxylic acids is 1. The van der Waals surface area contributed by atoms with E-state index in [2.05, 4.69) is 0 Å². The molecule has 0 radical (unpaired) electrons. The van der Waals surface area contributed by atoms with Crippen LogP contribution in [0.3, 0.4) is 0 Å². The highest BCUT2D eigenvalue weighted by molar-refractivity contribution is 8.13. The van der Waals surface area contributed by atoms with Gasteiger partial charge in [0, 0.05) is 29.3 Å². The van der Waals surface area contributed by atoms with Crippen molar-refractivity contribution in [3.63, 3.8) is 0 Å². The zero-order valence-corrected chi connectivity index (χ0v) is 12.5. The van der Waals surface area contributed by atoms with Crippen molar-refractivity contribution < 1.29 is 13.2 Å². The van der Waals surface area contributed by atoms with Crippen molar-refractivity contribution in [3.8, 4) is 0 Å². The van der Waals surface area contributed by atoms with Gasteiger partial charge < -0.3 is 4.90 Å². The highest BCUT2D eigenvalue weighted by Crippen LogP contribution is 2.38. The predicted molar refractivity (Wildman–Crippen MR) is 76.2 cm³/mol. The molecule has 3 rings (SSSR count). The van der Waals surface area contributed by atoms with Crippen molar-refractivity contribution in [1.82, 2.24) is 4.90 Å². The SMILES string of the molecule is O=C(c1cccc(S(=O)(=O)Cl)c1)N1CC2CCCC2C1. The minimum absolute atomic E-state index is 0.0237. The molecule has 1 saturated heterocycles. The van der Waals surface area contributed by atoms with Crippen LogP contribution >= 0.6 is 10.7 Å². The van der Waals surface area contributed by atoms with E-state index in [1.165, 1.54) is 31.4 Å². The van der Waals surface area contributed by atoms with Crippen molar-refractivity contribution >= 4 is 25.6 Å². The van der Waals surface area contributed by atoms with Crippen LogP contribution in [0.15, 0.2) is 29.2 Å². The summed E-state index contributed by atoms with van der Waals surface area (Å²) >= 11 is 0. The van der Waals surface area contributed by atoms with Crippen LogP contribution in [0.4, 0.5) is 0 Å². The van der Waals surface area contributed by atoms with Crippen LogP contribution in [0.2, 0.25) is 0 Å². The van der Waals surface area contributed by atoms with Gasteiger partial charge in [0.05, 0.1) is 4.90 Å². The molecule has 1 aliphatic carbocycles. The number of carbonyl (C=O) groups is 1. The molecule has 1 aliphatic heterocycles. The Labute approximate surface area is 123 Å². The predicted octanol–water partition coefficient (Wildman–Crippen LogP) is 2.49. The molecule has 1 heterocycles. The second kappa shape index (κ2) is 5.04. The van der Waals surface area contributed by atoms with E-state index < -0.39 is 9.05 Å². The molecule has 2 aliphatic rings. The van der Waals surface area contributed by atoms with Gasteiger partial charge >= 0.3 is 0 Å². The van der Waals surface area contributed by atoms with Crippen molar-refractivity contribution in [1.29, 1.82) is 0 Å². The van der Waals surface area contributed by atoms with Crippen LogP contribution in [-0.4, -0.2) is 32.3 Å². The molecule has 1 aromatic carbocycles. The Morgan fingerprint density at radius 2 is 1.85 bits per heavy atom. The van der Waals surface area contributed by atoms with E-state index in [-0.39, 0.29) is 10.8 Å². The topological polar surface area (TPSA) is 54.5 Å². The smallest absolute Gasteiger partial charge is 0.261 e. The summed E-state index contributed by atoms with van der Waals surface area (Å²) in [7, 11) is 1.52. The first kappa shape index (κ1) is 13.9. The molecule has 108 valence electrons. The van der Waals surface area contributed by atoms with Gasteiger partial charge in [-0.15, -0.1) is 0 Å². The summed E-state index contributed by atoms with van der Waals surface area (Å²) in [5.41, 5.74) is 0.395. The molecular formula is C14H16ClNO3S. The van der Waals surface area contributed by atoms with Crippen molar-refractivity contribution in [3.05, 3.63) is 29.8 Å². The number of nitrogens with zero attached hydrogens (tertiary/aromatic N) is 1. The van der Waals surface area contributed by atoms with Crippen LogP contribution in [-0.2, 0) is 9.05 Å². The molecule has 1 saturated carbocycles. The van der Waals surface area contributed by atoms with Crippen molar-refractivity contribution in [2.45, 2.75) is 24.2 Å². The first-order valence-electron chi connectivity index (χ1n) is 6.79. The number of amides is 1. The molecule has 6 heteroatoms. The maximum Gasteiger partial charge on any atom is 0.261 e. The summed E-state index contributed by atoms with van der Waals surface area (Å²) < 4.78 is 22.7. The highest BCUT2D eigenvalue weighted by atomic mass is 35.7. The van der Waals surface area contributed by atoms with E-state index in [1.54, 1.807) is 12.1 Å². The lowest BCUT2D eigenvalue weighted by Crippen LogP contribution is -2.29. The van der Waals surface area contributed by atoms with Gasteiger partial charge in [0.1, 0.15) is 0 Å². The quantitative estimate of drug-likeness (QED) is 0.788. The van der Waals surface area contributed by atoms with E-state index in [4.69, 9.17) is 10.7 Å². The molecule has 2 atom stereocenters. The lowest BCUT2D eigenvalue weighted by molar-refractivity contribution is 0.0780. The lowest BCUT2D eigenvalue weighted by atomic mass is 10.0. The van der Waals surface area contributed by atoms with E-state index in [0.717, 1.165) is 13.1 Å². The third-order valence-corrected chi connectivity index (χ3v) is 5.73. The van der Waals surface area contributed by atoms with Crippen molar-refractivity contribution in [2.24, 2.45) is 11.8 Å². The van der Waals surface area contributed by atoms with Gasteiger partial charge in [-0.1, -0.05) is 12.5 Å². The maximum atomic E-state index is 12.4. The standard InChI is InChI=1S/C14H16ClNO3S/c15-20(18,19)13-6-2-3-10(7-13)14(17)16-8-11-4-1-5-12(11)9-16/h2-3,6-7,11-12H,1,4-5,8-9H2. The maximum absolute atomic E-state index is 12.4. The molecule has 1 amide bonds. The molecule has 0 bridgehead atoms. The molecule has 1 aromatic rings. The number of rotatable bonds is 2. The first-order chi connectivity index (χ1) is 9.45. The fraction of sp³-hybridized carbons (Fsp3) is 0.500. The van der Waals surface area contributed by atoms with E-state index in [0.29, 0.717) is 17.4 Å². The molecule has 0 spiro atoms. The number of hydrogen-bond acceptors (Lipinski definition) is 3. The summed E-state index contributed by atoms with van der Waals surface area (Å²) in [6.07, 6.45) is 3.66. The Morgan fingerprint density at radius 3 is 2.45 bits per heavy atom. The summed E-state index contributed by atoms with van der Waals surface area (Å²) in [5, 5.41) is 0. The Balaban J connectivity index is 1.81. The average molecular weight is 314 g/mol. The number of likely N-dealkylation sites (tertiary alicyclic amines) is 1. The van der Waals surface area contributed by atoms with Gasteiger partial charge in [0.2, 0.25) is 0 Å². The van der Waals surface area contributed by atoms with Gasteiger partial charge in [-0.25, -0.2) is 8.42 Å². The van der Waals surface area contributed by atoms with Crippen LogP contribution in [0.1, 0.15) is 29.6 Å². The fourth-order valence-corrected chi connectivity index (χ4v) is 4.16. The molecule has 0 aromatic heterocycles. The van der Waals surface area contributed by atoms with Gasteiger partial charge in [0.25, 0.3) is 15.0 Å².